The summed E-state index contributed by atoms with van der Waals surface area (Å²) in [6, 6.07) is 4.69. The first-order chi connectivity index (χ1) is 11.8. The molecule has 3 heterocycles. The van der Waals surface area contributed by atoms with E-state index >= 15 is 0 Å². The van der Waals surface area contributed by atoms with Gasteiger partial charge in [0.1, 0.15) is 5.69 Å². The van der Waals surface area contributed by atoms with Crippen molar-refractivity contribution in [3.63, 3.8) is 0 Å². The van der Waals surface area contributed by atoms with Crippen LogP contribution in [0.25, 0.3) is 0 Å². The summed E-state index contributed by atoms with van der Waals surface area (Å²) in [7, 11) is 0. The number of rotatable bonds is 3. The highest BCUT2D eigenvalue weighted by Gasteiger charge is 2.32. The minimum Gasteiger partial charge on any atom is -0.338 e. The zero-order valence-electron chi connectivity index (χ0n) is 14.2. The van der Waals surface area contributed by atoms with Crippen LogP contribution in [0.15, 0.2) is 24.4 Å². The molecule has 25 heavy (non-hydrogen) atoms. The maximum absolute atomic E-state index is 12.8. The van der Waals surface area contributed by atoms with Crippen LogP contribution in [0.2, 0.25) is 0 Å². The number of halogens is 3. The van der Waals surface area contributed by atoms with Gasteiger partial charge in [-0.05, 0) is 37.6 Å². The Balaban J connectivity index is 1.61. The van der Waals surface area contributed by atoms with Gasteiger partial charge in [0.2, 0.25) is 5.95 Å². The quantitative estimate of drug-likeness (QED) is 0.851. The number of piperazine rings is 1. The third-order valence-corrected chi connectivity index (χ3v) is 4.15. The van der Waals surface area contributed by atoms with Gasteiger partial charge in [-0.2, -0.15) is 13.2 Å². The Bertz CT molecular complexity index is 719. The molecule has 5 nitrogen and oxygen atoms in total. The molecule has 0 radical (unpaired) electrons. The summed E-state index contributed by atoms with van der Waals surface area (Å²) in [5, 5.41) is 0. The Morgan fingerprint density at radius 2 is 1.64 bits per heavy atom. The summed E-state index contributed by atoms with van der Waals surface area (Å²) in [5.74, 6) is 0.723. The van der Waals surface area contributed by atoms with Gasteiger partial charge in [-0.1, -0.05) is 0 Å². The van der Waals surface area contributed by atoms with Crippen LogP contribution in [0, 0.1) is 13.8 Å². The van der Waals surface area contributed by atoms with E-state index in [4.69, 9.17) is 0 Å². The standard InChI is InChI=1S/C17H20F3N5/c1-12-9-13(2)23-16(22-12)25-7-5-24(6-8-25)11-14-3-4-21-15(10-14)17(18,19)20/h3-4,9-10H,5-8,11H2,1-2H3. The van der Waals surface area contributed by atoms with Crippen LogP contribution >= 0.6 is 0 Å². The highest BCUT2D eigenvalue weighted by molar-refractivity contribution is 5.33. The molecule has 1 aliphatic heterocycles. The van der Waals surface area contributed by atoms with Gasteiger partial charge in [0, 0.05) is 50.3 Å². The SMILES string of the molecule is Cc1cc(C)nc(N2CCN(Cc3ccnc(C(F)(F)F)c3)CC2)n1. The van der Waals surface area contributed by atoms with Crippen molar-refractivity contribution < 1.29 is 13.2 Å². The summed E-state index contributed by atoms with van der Waals surface area (Å²) >= 11 is 0. The monoisotopic (exact) mass is 351 g/mol. The van der Waals surface area contributed by atoms with Crippen molar-refractivity contribution in [2.45, 2.75) is 26.6 Å². The maximum atomic E-state index is 12.8. The summed E-state index contributed by atoms with van der Waals surface area (Å²) in [6.45, 7) is 7.36. The van der Waals surface area contributed by atoms with Crippen LogP contribution in [0.3, 0.4) is 0 Å². The average Bonchev–Trinajstić information content (AvgIpc) is 2.54. The first kappa shape index (κ1) is 17.6. The highest BCUT2D eigenvalue weighted by Crippen LogP contribution is 2.28. The van der Waals surface area contributed by atoms with Crippen LogP contribution in [-0.4, -0.2) is 46.0 Å². The Morgan fingerprint density at radius 3 is 2.24 bits per heavy atom. The fourth-order valence-electron chi connectivity index (χ4n) is 2.94. The van der Waals surface area contributed by atoms with Crippen molar-refractivity contribution in [3.8, 4) is 0 Å². The fraction of sp³-hybridized carbons (Fsp3) is 0.471. The predicted octanol–water partition coefficient (Wildman–Crippen LogP) is 2.83. The number of nitrogens with zero attached hydrogens (tertiary/aromatic N) is 5. The van der Waals surface area contributed by atoms with Crippen LogP contribution in [0.5, 0.6) is 0 Å². The second kappa shape index (κ2) is 6.95. The molecule has 0 N–H and O–H groups in total. The van der Waals surface area contributed by atoms with E-state index in [1.807, 2.05) is 19.9 Å². The summed E-state index contributed by atoms with van der Waals surface area (Å²) < 4.78 is 38.3. The van der Waals surface area contributed by atoms with E-state index in [0.717, 1.165) is 49.6 Å². The molecule has 1 fully saturated rings. The molecule has 2 aromatic rings. The minimum absolute atomic E-state index is 0.479. The van der Waals surface area contributed by atoms with Crippen molar-refractivity contribution >= 4 is 5.95 Å². The van der Waals surface area contributed by atoms with Gasteiger partial charge in [-0.25, -0.2) is 9.97 Å². The van der Waals surface area contributed by atoms with Gasteiger partial charge in [0.25, 0.3) is 0 Å². The molecule has 0 aromatic carbocycles. The van der Waals surface area contributed by atoms with Crippen LogP contribution in [0.4, 0.5) is 19.1 Å². The van der Waals surface area contributed by atoms with Gasteiger partial charge in [-0.15, -0.1) is 0 Å². The average molecular weight is 351 g/mol. The Morgan fingerprint density at radius 1 is 1.00 bits per heavy atom. The van der Waals surface area contributed by atoms with Crippen molar-refractivity contribution in [2.24, 2.45) is 0 Å². The van der Waals surface area contributed by atoms with Crippen LogP contribution < -0.4 is 4.90 Å². The molecule has 1 aliphatic rings. The molecule has 0 atom stereocenters. The molecule has 1 saturated heterocycles. The first-order valence-corrected chi connectivity index (χ1v) is 8.13. The van der Waals surface area contributed by atoms with E-state index in [-0.39, 0.29) is 0 Å². The molecule has 0 saturated carbocycles. The molecule has 0 spiro atoms. The fourth-order valence-corrected chi connectivity index (χ4v) is 2.94. The van der Waals surface area contributed by atoms with E-state index < -0.39 is 11.9 Å². The van der Waals surface area contributed by atoms with Gasteiger partial charge in [0.15, 0.2) is 0 Å². The number of alkyl halides is 3. The molecule has 0 amide bonds. The van der Waals surface area contributed by atoms with E-state index in [2.05, 4.69) is 24.8 Å². The van der Waals surface area contributed by atoms with Gasteiger partial charge in [-0.3, -0.25) is 9.88 Å². The maximum Gasteiger partial charge on any atom is 0.433 e. The first-order valence-electron chi connectivity index (χ1n) is 8.13. The third kappa shape index (κ3) is 4.45. The van der Waals surface area contributed by atoms with Gasteiger partial charge in [0.05, 0.1) is 0 Å². The number of pyridine rings is 1. The largest absolute Gasteiger partial charge is 0.433 e. The summed E-state index contributed by atoms with van der Waals surface area (Å²) in [5.41, 5.74) is 1.65. The van der Waals surface area contributed by atoms with Crippen molar-refractivity contribution in [1.29, 1.82) is 0 Å². The molecule has 0 unspecified atom stereocenters. The predicted molar refractivity (Wildman–Crippen MR) is 88.2 cm³/mol. The molecule has 0 aliphatic carbocycles. The topological polar surface area (TPSA) is 45.2 Å². The lowest BCUT2D eigenvalue weighted by Crippen LogP contribution is -2.46. The normalized spacial score (nSPS) is 16.3. The molecule has 3 rings (SSSR count). The molecule has 134 valence electrons. The molecule has 8 heteroatoms. The summed E-state index contributed by atoms with van der Waals surface area (Å²) in [6.07, 6.45) is -3.19. The van der Waals surface area contributed by atoms with Crippen molar-refractivity contribution in [1.82, 2.24) is 19.9 Å². The summed E-state index contributed by atoms with van der Waals surface area (Å²) in [4.78, 5) is 16.6. The lowest BCUT2D eigenvalue weighted by atomic mass is 10.2. The Labute approximate surface area is 144 Å². The van der Waals surface area contributed by atoms with Crippen LogP contribution in [0.1, 0.15) is 22.6 Å². The lowest BCUT2D eigenvalue weighted by Gasteiger charge is -2.35. The highest BCUT2D eigenvalue weighted by atomic mass is 19.4. The minimum atomic E-state index is -4.41. The zero-order valence-corrected chi connectivity index (χ0v) is 14.2. The second-order valence-electron chi connectivity index (χ2n) is 6.26. The van der Waals surface area contributed by atoms with E-state index in [1.165, 1.54) is 6.20 Å². The molecule has 2 aromatic heterocycles. The smallest absolute Gasteiger partial charge is 0.338 e. The zero-order chi connectivity index (χ0) is 18.0. The van der Waals surface area contributed by atoms with Crippen molar-refractivity contribution in [3.05, 3.63) is 47.0 Å². The van der Waals surface area contributed by atoms with Crippen molar-refractivity contribution in [2.75, 3.05) is 31.1 Å². The number of anilines is 1. The number of aryl methyl sites for hydroxylation is 2. The number of hydrogen-bond acceptors (Lipinski definition) is 5. The van der Waals surface area contributed by atoms with E-state index in [9.17, 15) is 13.2 Å². The number of hydrogen-bond donors (Lipinski definition) is 0. The Hall–Kier alpha value is -2.22. The van der Waals surface area contributed by atoms with Crippen LogP contribution in [-0.2, 0) is 12.7 Å². The van der Waals surface area contributed by atoms with Gasteiger partial charge >= 0.3 is 6.18 Å². The molecular weight excluding hydrogens is 331 g/mol. The number of aromatic nitrogens is 3. The molecule has 0 bridgehead atoms. The van der Waals surface area contributed by atoms with Gasteiger partial charge < -0.3 is 4.90 Å². The van der Waals surface area contributed by atoms with E-state index in [1.54, 1.807) is 6.07 Å². The second-order valence-corrected chi connectivity index (χ2v) is 6.26. The lowest BCUT2D eigenvalue weighted by molar-refractivity contribution is -0.141. The Kier molecular flexibility index (Phi) is 4.89. The molecular formula is C17H20F3N5. The third-order valence-electron chi connectivity index (χ3n) is 4.15. The van der Waals surface area contributed by atoms with E-state index in [0.29, 0.717) is 12.1 Å².